The zero-order valence-electron chi connectivity index (χ0n) is 19.1. The molecule has 11 nitrogen and oxygen atoms in total. The molecule has 0 aromatic heterocycles. The molecule has 0 aliphatic heterocycles. The van der Waals surface area contributed by atoms with Crippen molar-refractivity contribution in [3.05, 3.63) is 87.5 Å². The maximum Gasteiger partial charge on any atom is 0.343 e. The number of phenols is 1. The number of aromatic hydroxyl groups is 1. The molecule has 3 rings (SSSR count). The van der Waals surface area contributed by atoms with Crippen molar-refractivity contribution in [2.75, 3.05) is 19.5 Å². The lowest BCUT2D eigenvalue weighted by Crippen LogP contribution is -2.13. The van der Waals surface area contributed by atoms with Crippen LogP contribution in [-0.4, -0.2) is 36.1 Å². The molecule has 0 heterocycles. The summed E-state index contributed by atoms with van der Waals surface area (Å²) in [6, 6.07) is 15.6. The fourth-order valence-corrected chi connectivity index (χ4v) is 2.99. The Hall–Kier alpha value is -5.37. The molecule has 3 aromatic carbocycles. The van der Waals surface area contributed by atoms with Crippen molar-refractivity contribution < 1.29 is 33.8 Å². The van der Waals surface area contributed by atoms with Crippen LogP contribution in [0.15, 0.2) is 66.2 Å². The number of nitro groups is 1. The average molecular weight is 489 g/mol. The molecule has 0 aliphatic rings. The Balaban J connectivity index is 1.78. The number of benzene rings is 3. The molecule has 0 unspecified atom stereocenters. The molecule has 0 bridgehead atoms. The van der Waals surface area contributed by atoms with Gasteiger partial charge >= 0.3 is 5.97 Å². The number of anilines is 1. The third-order valence-corrected chi connectivity index (χ3v) is 4.83. The first-order valence-corrected chi connectivity index (χ1v) is 10.2. The number of ether oxygens (including phenoxy) is 3. The van der Waals surface area contributed by atoms with Gasteiger partial charge in [-0.05, 0) is 54.1 Å². The van der Waals surface area contributed by atoms with Gasteiger partial charge in [0.15, 0.2) is 11.5 Å². The maximum absolute atomic E-state index is 12.5. The van der Waals surface area contributed by atoms with E-state index in [1.807, 2.05) is 0 Å². The Kier molecular flexibility index (Phi) is 7.84. The van der Waals surface area contributed by atoms with Crippen LogP contribution in [0, 0.1) is 21.4 Å². The molecular weight excluding hydrogens is 470 g/mol. The fraction of sp³-hybridized carbons (Fsp3) is 0.0800. The number of carbonyl (C=O) groups is 2. The average Bonchev–Trinajstić information content (AvgIpc) is 2.88. The molecule has 0 saturated heterocycles. The highest BCUT2D eigenvalue weighted by atomic mass is 16.6. The van der Waals surface area contributed by atoms with Crippen LogP contribution in [0.1, 0.15) is 15.9 Å². The molecule has 0 saturated carbocycles. The van der Waals surface area contributed by atoms with E-state index < -0.39 is 22.5 Å². The molecule has 0 spiro atoms. The molecule has 0 fully saturated rings. The lowest BCUT2D eigenvalue weighted by atomic mass is 10.1. The Labute approximate surface area is 204 Å². The smallest absolute Gasteiger partial charge is 0.343 e. The number of rotatable bonds is 8. The van der Waals surface area contributed by atoms with E-state index in [9.17, 15) is 30.1 Å². The second-order valence-electron chi connectivity index (χ2n) is 7.11. The SMILES string of the molecule is COc1ccc(C(=O)Oc2ccc(/C=C(/C#N)C(=O)Nc3ccc([N+](=O)[O-])cc3O)cc2OC)cc1. The predicted molar refractivity (Wildman–Crippen MR) is 128 cm³/mol. The van der Waals surface area contributed by atoms with Crippen LogP contribution in [0.5, 0.6) is 23.0 Å². The van der Waals surface area contributed by atoms with Crippen LogP contribution in [-0.2, 0) is 4.79 Å². The van der Waals surface area contributed by atoms with Crippen LogP contribution >= 0.6 is 0 Å². The number of amides is 1. The largest absolute Gasteiger partial charge is 0.506 e. The van der Waals surface area contributed by atoms with E-state index >= 15 is 0 Å². The van der Waals surface area contributed by atoms with Gasteiger partial charge in [-0.2, -0.15) is 5.26 Å². The van der Waals surface area contributed by atoms with Gasteiger partial charge in [0.05, 0.1) is 36.5 Å². The minimum atomic E-state index is -0.851. The second-order valence-corrected chi connectivity index (χ2v) is 7.11. The summed E-state index contributed by atoms with van der Waals surface area (Å²) in [6.45, 7) is 0. The number of nitro benzene ring substituents is 1. The Bertz CT molecular complexity index is 1390. The van der Waals surface area contributed by atoms with Crippen molar-refractivity contribution in [3.8, 4) is 29.1 Å². The number of non-ortho nitro benzene ring substituents is 1. The molecule has 2 N–H and O–H groups in total. The van der Waals surface area contributed by atoms with Gasteiger partial charge in [-0.25, -0.2) is 4.79 Å². The van der Waals surface area contributed by atoms with Crippen molar-refractivity contribution in [2.45, 2.75) is 0 Å². The Morgan fingerprint density at radius 2 is 1.75 bits per heavy atom. The van der Waals surface area contributed by atoms with Gasteiger partial charge in [-0.3, -0.25) is 14.9 Å². The first kappa shape index (κ1) is 25.3. The van der Waals surface area contributed by atoms with Crippen molar-refractivity contribution >= 4 is 29.3 Å². The Morgan fingerprint density at radius 1 is 1.03 bits per heavy atom. The molecule has 36 heavy (non-hydrogen) atoms. The van der Waals surface area contributed by atoms with Gasteiger partial charge in [0, 0.05) is 6.07 Å². The number of esters is 1. The van der Waals surface area contributed by atoms with Crippen LogP contribution < -0.4 is 19.5 Å². The van der Waals surface area contributed by atoms with E-state index in [1.54, 1.807) is 30.3 Å². The highest BCUT2D eigenvalue weighted by molar-refractivity contribution is 6.10. The summed E-state index contributed by atoms with van der Waals surface area (Å²) in [5, 5.41) is 32.5. The van der Waals surface area contributed by atoms with Gasteiger partial charge in [0.25, 0.3) is 11.6 Å². The van der Waals surface area contributed by atoms with Crippen molar-refractivity contribution in [1.82, 2.24) is 0 Å². The second kappa shape index (κ2) is 11.2. The first-order chi connectivity index (χ1) is 17.2. The number of nitrogens with one attached hydrogen (secondary N) is 1. The van der Waals surface area contributed by atoms with Gasteiger partial charge in [-0.1, -0.05) is 6.07 Å². The molecule has 0 atom stereocenters. The number of hydrogen-bond acceptors (Lipinski definition) is 9. The summed E-state index contributed by atoms with van der Waals surface area (Å²) in [7, 11) is 2.87. The van der Waals surface area contributed by atoms with E-state index in [2.05, 4.69) is 5.32 Å². The number of phenolic OH excluding ortho intramolecular Hbond substituents is 1. The standard InChI is InChI=1S/C25H19N3O8/c1-34-19-7-4-16(5-8-19)25(31)36-22-10-3-15(12-23(22)35-2)11-17(14-26)24(30)27-20-9-6-18(28(32)33)13-21(20)29/h3-13,29H,1-2H3,(H,27,30)/b17-11-. The molecule has 11 heteroatoms. The number of nitriles is 1. The number of hydrogen-bond donors (Lipinski definition) is 2. The number of methoxy groups -OCH3 is 2. The normalized spacial score (nSPS) is 10.6. The minimum absolute atomic E-state index is 0.106. The van der Waals surface area contributed by atoms with E-state index in [0.29, 0.717) is 16.9 Å². The minimum Gasteiger partial charge on any atom is -0.506 e. The van der Waals surface area contributed by atoms with Crippen LogP contribution in [0.4, 0.5) is 11.4 Å². The van der Waals surface area contributed by atoms with Gasteiger partial charge in [0.1, 0.15) is 23.1 Å². The van der Waals surface area contributed by atoms with E-state index in [0.717, 1.165) is 18.2 Å². The highest BCUT2D eigenvalue weighted by Crippen LogP contribution is 2.31. The molecule has 3 aromatic rings. The van der Waals surface area contributed by atoms with E-state index in [4.69, 9.17) is 14.2 Å². The molecule has 0 aliphatic carbocycles. The van der Waals surface area contributed by atoms with Crippen LogP contribution in [0.3, 0.4) is 0 Å². The zero-order chi connectivity index (χ0) is 26.2. The summed E-state index contributed by atoms with van der Waals surface area (Å²) in [5.41, 5.74) is -0.111. The van der Waals surface area contributed by atoms with Crippen LogP contribution in [0.2, 0.25) is 0 Å². The van der Waals surface area contributed by atoms with Gasteiger partial charge < -0.3 is 24.6 Å². The van der Waals surface area contributed by atoms with E-state index in [-0.39, 0.29) is 28.4 Å². The highest BCUT2D eigenvalue weighted by Gasteiger charge is 2.16. The summed E-state index contributed by atoms with van der Waals surface area (Å²) in [4.78, 5) is 35.1. The molecule has 1 amide bonds. The number of nitrogens with zero attached hydrogens (tertiary/aromatic N) is 2. The summed E-state index contributed by atoms with van der Waals surface area (Å²) < 4.78 is 15.7. The molecular formula is C25H19N3O8. The third-order valence-electron chi connectivity index (χ3n) is 4.83. The molecule has 182 valence electrons. The summed E-state index contributed by atoms with van der Waals surface area (Å²) in [5.74, 6) is -1.12. The topological polar surface area (TPSA) is 161 Å². The summed E-state index contributed by atoms with van der Waals surface area (Å²) >= 11 is 0. The zero-order valence-corrected chi connectivity index (χ0v) is 19.1. The third kappa shape index (κ3) is 5.95. The predicted octanol–water partition coefficient (Wildman–Crippen LogP) is 4.08. The quantitative estimate of drug-likeness (QED) is 0.0903. The van der Waals surface area contributed by atoms with Crippen molar-refractivity contribution in [3.63, 3.8) is 0 Å². The monoisotopic (exact) mass is 489 g/mol. The van der Waals surface area contributed by atoms with Gasteiger partial charge in [-0.15, -0.1) is 0 Å². The van der Waals surface area contributed by atoms with Crippen molar-refractivity contribution in [2.24, 2.45) is 0 Å². The van der Waals surface area contributed by atoms with Crippen molar-refractivity contribution in [1.29, 1.82) is 5.26 Å². The van der Waals surface area contributed by atoms with E-state index in [1.165, 1.54) is 38.5 Å². The fourth-order valence-electron chi connectivity index (χ4n) is 2.99. The maximum atomic E-state index is 12.5. The first-order valence-electron chi connectivity index (χ1n) is 10.2. The molecule has 0 radical (unpaired) electrons. The van der Waals surface area contributed by atoms with Gasteiger partial charge in [0.2, 0.25) is 0 Å². The lowest BCUT2D eigenvalue weighted by molar-refractivity contribution is -0.384. The van der Waals surface area contributed by atoms with Crippen LogP contribution in [0.25, 0.3) is 6.08 Å². The Morgan fingerprint density at radius 3 is 2.33 bits per heavy atom. The lowest BCUT2D eigenvalue weighted by Gasteiger charge is -2.11. The number of carbonyl (C=O) groups excluding carboxylic acids is 2. The summed E-state index contributed by atoms with van der Waals surface area (Å²) in [6.07, 6.45) is 1.26.